The van der Waals surface area contributed by atoms with Gasteiger partial charge >= 0.3 is 18.1 Å². The molecule has 3 aromatic rings. The molecule has 0 aromatic heterocycles. The van der Waals surface area contributed by atoms with Crippen LogP contribution in [-0.2, 0) is 31.7 Å². The second kappa shape index (κ2) is 12.0. The minimum atomic E-state index is -4.66. The van der Waals surface area contributed by atoms with Gasteiger partial charge in [0.05, 0.1) is 24.2 Å². The summed E-state index contributed by atoms with van der Waals surface area (Å²) in [7, 11) is 0. The number of rotatable bonds is 9. The van der Waals surface area contributed by atoms with E-state index in [0.29, 0.717) is 11.1 Å². The van der Waals surface area contributed by atoms with Gasteiger partial charge in [-0.3, -0.25) is 14.4 Å². The lowest BCUT2D eigenvalue weighted by Crippen LogP contribution is -2.23. The highest BCUT2D eigenvalue weighted by Crippen LogP contribution is 2.32. The Morgan fingerprint density at radius 3 is 2.14 bits per heavy atom. The second-order valence-electron chi connectivity index (χ2n) is 7.77. The van der Waals surface area contributed by atoms with Crippen molar-refractivity contribution in [1.82, 2.24) is 0 Å². The van der Waals surface area contributed by atoms with Crippen LogP contribution in [0, 0.1) is 0 Å². The molecular formula is C27H24F3NO5. The van der Waals surface area contributed by atoms with Gasteiger partial charge in [-0.2, -0.15) is 13.2 Å². The maximum absolute atomic E-state index is 13.2. The van der Waals surface area contributed by atoms with Crippen molar-refractivity contribution in [3.05, 3.63) is 101 Å². The van der Waals surface area contributed by atoms with Gasteiger partial charge < -0.3 is 14.8 Å². The van der Waals surface area contributed by atoms with E-state index in [1.165, 1.54) is 24.3 Å². The minimum absolute atomic E-state index is 0.102. The van der Waals surface area contributed by atoms with Crippen LogP contribution in [0.3, 0.4) is 0 Å². The summed E-state index contributed by atoms with van der Waals surface area (Å²) in [6.45, 7) is 1.70. The van der Waals surface area contributed by atoms with Crippen LogP contribution in [0.2, 0.25) is 0 Å². The highest BCUT2D eigenvalue weighted by atomic mass is 19.4. The van der Waals surface area contributed by atoms with Crippen LogP contribution in [0.5, 0.6) is 0 Å². The Bertz CT molecular complexity index is 1190. The van der Waals surface area contributed by atoms with Gasteiger partial charge in [-0.15, -0.1) is 0 Å². The van der Waals surface area contributed by atoms with Crippen molar-refractivity contribution >= 4 is 23.5 Å². The van der Waals surface area contributed by atoms with E-state index in [-0.39, 0.29) is 25.3 Å². The summed E-state index contributed by atoms with van der Waals surface area (Å²) in [6.07, 6.45) is -4.76. The van der Waals surface area contributed by atoms with Crippen molar-refractivity contribution in [2.24, 2.45) is 0 Å². The topological polar surface area (TPSA) is 81.7 Å². The molecular weight excluding hydrogens is 475 g/mol. The van der Waals surface area contributed by atoms with Crippen molar-refractivity contribution in [1.29, 1.82) is 0 Å². The van der Waals surface area contributed by atoms with Crippen LogP contribution in [0.25, 0.3) is 0 Å². The molecule has 0 aliphatic carbocycles. The van der Waals surface area contributed by atoms with Gasteiger partial charge in [-0.25, -0.2) is 0 Å². The summed E-state index contributed by atoms with van der Waals surface area (Å²) in [6, 6.07) is 19.4. The predicted molar refractivity (Wildman–Crippen MR) is 126 cm³/mol. The zero-order valence-corrected chi connectivity index (χ0v) is 19.4. The van der Waals surface area contributed by atoms with Crippen LogP contribution in [0.1, 0.15) is 39.9 Å². The number of benzene rings is 3. The van der Waals surface area contributed by atoms with Gasteiger partial charge in [0, 0.05) is 5.69 Å². The van der Waals surface area contributed by atoms with Crippen molar-refractivity contribution in [2.45, 2.75) is 25.4 Å². The normalized spacial score (nSPS) is 11.9. The summed E-state index contributed by atoms with van der Waals surface area (Å²) in [5, 5.41) is 2.43. The standard InChI is InChI=1S/C27H24F3NO5/c1-2-35-26(34)22(19-8-4-3-5-9-19)17-36-24(32)16-18-12-14-20(15-13-18)31-25(33)21-10-6-7-11-23(21)27(28,29)30/h3-15,22H,2,16-17H2,1H3,(H,31,33). The van der Waals surface area contributed by atoms with E-state index in [1.54, 1.807) is 49.4 Å². The molecule has 0 saturated carbocycles. The molecule has 1 atom stereocenters. The second-order valence-corrected chi connectivity index (χ2v) is 7.77. The number of anilines is 1. The molecule has 0 heterocycles. The third-order valence-corrected chi connectivity index (χ3v) is 5.22. The molecule has 9 heteroatoms. The number of amides is 1. The number of hydrogen-bond donors (Lipinski definition) is 1. The maximum Gasteiger partial charge on any atom is 0.417 e. The highest BCUT2D eigenvalue weighted by Gasteiger charge is 2.34. The molecule has 1 N–H and O–H groups in total. The zero-order chi connectivity index (χ0) is 26.1. The zero-order valence-electron chi connectivity index (χ0n) is 19.4. The number of alkyl halides is 3. The Balaban J connectivity index is 1.59. The van der Waals surface area contributed by atoms with Gasteiger partial charge in [-0.1, -0.05) is 54.6 Å². The minimum Gasteiger partial charge on any atom is -0.465 e. The monoisotopic (exact) mass is 499 g/mol. The number of carbonyl (C=O) groups is 3. The highest BCUT2D eigenvalue weighted by molar-refractivity contribution is 6.05. The molecule has 1 unspecified atom stereocenters. The average Bonchev–Trinajstić information content (AvgIpc) is 2.85. The Kier molecular flexibility index (Phi) is 8.83. The van der Waals surface area contributed by atoms with E-state index in [0.717, 1.165) is 12.1 Å². The number of carbonyl (C=O) groups excluding carboxylic acids is 3. The molecule has 0 radical (unpaired) electrons. The third-order valence-electron chi connectivity index (χ3n) is 5.22. The van der Waals surface area contributed by atoms with Gasteiger partial charge in [0.15, 0.2) is 0 Å². The SMILES string of the molecule is CCOC(=O)C(COC(=O)Cc1ccc(NC(=O)c2ccccc2C(F)(F)F)cc1)c1ccccc1. The number of hydrogen-bond acceptors (Lipinski definition) is 5. The summed E-state index contributed by atoms with van der Waals surface area (Å²) in [5.74, 6) is -2.73. The van der Waals surface area contributed by atoms with Gasteiger partial charge in [-0.05, 0) is 42.3 Å². The van der Waals surface area contributed by atoms with Crippen LogP contribution >= 0.6 is 0 Å². The fourth-order valence-electron chi connectivity index (χ4n) is 3.46. The molecule has 3 aromatic carbocycles. The fraction of sp³-hybridized carbons (Fsp3) is 0.222. The molecule has 3 rings (SSSR count). The van der Waals surface area contributed by atoms with Gasteiger partial charge in [0.2, 0.25) is 0 Å². The first-order valence-corrected chi connectivity index (χ1v) is 11.1. The number of halogens is 3. The first kappa shape index (κ1) is 26.5. The lowest BCUT2D eigenvalue weighted by molar-refractivity contribution is -0.150. The van der Waals surface area contributed by atoms with E-state index in [4.69, 9.17) is 9.47 Å². The van der Waals surface area contributed by atoms with E-state index in [2.05, 4.69) is 5.32 Å². The quantitative estimate of drug-likeness (QED) is 0.399. The molecule has 1 amide bonds. The average molecular weight is 499 g/mol. The van der Waals surface area contributed by atoms with Gasteiger partial charge in [0.1, 0.15) is 12.5 Å². The van der Waals surface area contributed by atoms with Crippen molar-refractivity contribution in [2.75, 3.05) is 18.5 Å². The number of nitrogens with one attached hydrogen (secondary N) is 1. The lowest BCUT2D eigenvalue weighted by atomic mass is 10.0. The fourth-order valence-corrected chi connectivity index (χ4v) is 3.46. The van der Waals surface area contributed by atoms with Crippen LogP contribution < -0.4 is 5.32 Å². The predicted octanol–water partition coefficient (Wildman–Crippen LogP) is 5.39. The maximum atomic E-state index is 13.2. The molecule has 6 nitrogen and oxygen atoms in total. The van der Waals surface area contributed by atoms with Crippen LogP contribution in [0.4, 0.5) is 18.9 Å². The van der Waals surface area contributed by atoms with E-state index in [9.17, 15) is 27.6 Å². The lowest BCUT2D eigenvalue weighted by Gasteiger charge is -2.16. The van der Waals surface area contributed by atoms with Crippen molar-refractivity contribution < 1.29 is 37.0 Å². The first-order chi connectivity index (χ1) is 17.2. The molecule has 0 spiro atoms. The third kappa shape index (κ3) is 7.18. The van der Waals surface area contributed by atoms with Gasteiger partial charge in [0.25, 0.3) is 5.91 Å². The summed E-state index contributed by atoms with van der Waals surface area (Å²) < 4.78 is 49.9. The Morgan fingerprint density at radius 2 is 1.50 bits per heavy atom. The molecule has 36 heavy (non-hydrogen) atoms. The first-order valence-electron chi connectivity index (χ1n) is 11.1. The molecule has 0 aliphatic rings. The largest absolute Gasteiger partial charge is 0.465 e. The van der Waals surface area contributed by atoms with Crippen molar-refractivity contribution in [3.8, 4) is 0 Å². The molecule has 188 valence electrons. The molecule has 0 aliphatic heterocycles. The Hall–Kier alpha value is -4.14. The Labute approximate surface area is 206 Å². The van der Waals surface area contributed by atoms with E-state index < -0.39 is 41.1 Å². The Morgan fingerprint density at radius 1 is 0.861 bits per heavy atom. The van der Waals surface area contributed by atoms with E-state index >= 15 is 0 Å². The number of ether oxygens (including phenoxy) is 2. The summed E-state index contributed by atoms with van der Waals surface area (Å²) in [5.41, 5.74) is -0.0386. The molecule has 0 fully saturated rings. The number of esters is 2. The molecule has 0 bridgehead atoms. The molecule has 0 saturated heterocycles. The summed E-state index contributed by atoms with van der Waals surface area (Å²) in [4.78, 5) is 37.1. The van der Waals surface area contributed by atoms with Crippen LogP contribution in [0.15, 0.2) is 78.9 Å². The smallest absolute Gasteiger partial charge is 0.417 e. The van der Waals surface area contributed by atoms with E-state index in [1.807, 2.05) is 0 Å². The van der Waals surface area contributed by atoms with Crippen molar-refractivity contribution in [3.63, 3.8) is 0 Å². The van der Waals surface area contributed by atoms with Crippen LogP contribution in [-0.4, -0.2) is 31.1 Å². The summed E-state index contributed by atoms with van der Waals surface area (Å²) >= 11 is 0.